The van der Waals surface area contributed by atoms with Gasteiger partial charge < -0.3 is 39.6 Å². The summed E-state index contributed by atoms with van der Waals surface area (Å²) < 4.78 is 27.8. The van der Waals surface area contributed by atoms with Gasteiger partial charge in [0, 0.05) is 50.4 Å². The van der Waals surface area contributed by atoms with Gasteiger partial charge in [0.05, 0.1) is 6.61 Å². The molecule has 0 saturated carbocycles. The lowest BCUT2D eigenvalue weighted by Crippen LogP contribution is -2.54. The minimum Gasteiger partial charge on any atom is -0.459 e. The second kappa shape index (κ2) is 29.9. The second-order valence-electron chi connectivity index (χ2n) is 13.2. The molecule has 3 amide bonds. The van der Waals surface area contributed by atoms with Gasteiger partial charge in [-0.2, -0.15) is 0 Å². The van der Waals surface area contributed by atoms with Crippen molar-refractivity contribution in [1.29, 1.82) is 0 Å². The molecular weight excluding hydrogens is 748 g/mol. The monoisotopic (exact) mass is 810 g/mol. The summed E-state index contributed by atoms with van der Waals surface area (Å²) in [7, 11) is 0. The van der Waals surface area contributed by atoms with E-state index in [1.165, 1.54) is 13.8 Å². The number of unbranched alkanes of at least 4 members (excludes halogenated alkanes) is 9. The summed E-state index contributed by atoms with van der Waals surface area (Å²) in [5.74, 6) is -1.13. The summed E-state index contributed by atoms with van der Waals surface area (Å²) in [6.45, 7) is 13.1. The molecule has 0 unspecified atom stereocenters. The predicted octanol–water partition coefficient (Wildman–Crippen LogP) is 3.29. The molecule has 0 spiro atoms. The fourth-order valence-corrected chi connectivity index (χ4v) is 5.14. The number of carbonyl (C=O) groups excluding carboxylic acids is 5. The number of ether oxygens (including phenoxy) is 5. The van der Waals surface area contributed by atoms with E-state index in [9.17, 15) is 38.4 Å². The number of esters is 2. The summed E-state index contributed by atoms with van der Waals surface area (Å²) in [5.41, 5.74) is -1.48. The van der Waals surface area contributed by atoms with E-state index in [-0.39, 0.29) is 63.8 Å². The molecule has 0 aliphatic heterocycles. The Bertz CT molecular complexity index is 1530. The minimum absolute atomic E-state index is 0.0814. The van der Waals surface area contributed by atoms with Gasteiger partial charge in [-0.3, -0.25) is 0 Å². The summed E-state index contributed by atoms with van der Waals surface area (Å²) in [6.07, 6.45) is 5.85. The molecule has 0 radical (unpaired) electrons. The Morgan fingerprint density at radius 3 is 1.04 bits per heavy atom. The number of hydrogen-bond donors (Lipinski definition) is 3. The van der Waals surface area contributed by atoms with Gasteiger partial charge in [-0.15, -0.1) is 0 Å². The zero-order valence-corrected chi connectivity index (χ0v) is 33.8. The summed E-state index contributed by atoms with van der Waals surface area (Å²) in [5, 5.41) is 7.88. The van der Waals surface area contributed by atoms with Crippen molar-refractivity contribution in [3.05, 3.63) is 55.8 Å². The van der Waals surface area contributed by atoms with Crippen molar-refractivity contribution in [2.75, 3.05) is 52.7 Å². The number of hydrogen-bond acceptors (Lipinski definition) is 13. The lowest BCUT2D eigenvalue weighted by atomic mass is 10.2. The van der Waals surface area contributed by atoms with Gasteiger partial charge in [-0.1, -0.05) is 51.7 Å². The Kier molecular flexibility index (Phi) is 26.0. The first-order valence-electron chi connectivity index (χ1n) is 19.6. The van der Waals surface area contributed by atoms with E-state index in [1.807, 2.05) is 0 Å². The molecular formula is C38H62N6O13. The van der Waals surface area contributed by atoms with Gasteiger partial charge in [0.15, 0.2) is 0 Å². The van der Waals surface area contributed by atoms with Crippen molar-refractivity contribution in [1.82, 2.24) is 29.7 Å². The van der Waals surface area contributed by atoms with Crippen LogP contribution in [0, 0.1) is 0 Å². The van der Waals surface area contributed by atoms with Crippen LogP contribution in [-0.2, 0) is 52.9 Å². The summed E-state index contributed by atoms with van der Waals surface area (Å²) >= 11 is 0. The maximum Gasteiger partial charge on any atom is 0.407 e. The summed E-state index contributed by atoms with van der Waals surface area (Å²) in [4.78, 5) is 98.1. The first kappa shape index (κ1) is 49.7. The maximum absolute atomic E-state index is 13.4. The third kappa shape index (κ3) is 22.1. The van der Waals surface area contributed by atoms with Gasteiger partial charge in [0.2, 0.25) is 0 Å². The van der Waals surface area contributed by atoms with E-state index < -0.39 is 47.3 Å². The average Bonchev–Trinajstić information content (AvgIpc) is 3.17. The molecule has 0 saturated heterocycles. The Morgan fingerprint density at radius 2 is 0.737 bits per heavy atom. The highest BCUT2D eigenvalue weighted by Gasteiger charge is 2.15. The van der Waals surface area contributed by atoms with Gasteiger partial charge >= 0.3 is 47.3 Å². The molecule has 1 aromatic heterocycles. The molecule has 19 nitrogen and oxygen atoms in total. The molecule has 0 bridgehead atoms. The topological polar surface area (TPSA) is 234 Å². The zero-order valence-electron chi connectivity index (χ0n) is 33.8. The quantitative estimate of drug-likeness (QED) is 0.0439. The van der Waals surface area contributed by atoms with Crippen LogP contribution in [0.1, 0.15) is 97.8 Å². The molecule has 57 heavy (non-hydrogen) atoms. The van der Waals surface area contributed by atoms with E-state index in [4.69, 9.17) is 23.7 Å². The Labute approximate surface area is 333 Å². The van der Waals surface area contributed by atoms with E-state index in [0.717, 1.165) is 20.1 Å². The zero-order chi connectivity index (χ0) is 42.4. The van der Waals surface area contributed by atoms with Gasteiger partial charge in [-0.05, 0) is 59.3 Å². The van der Waals surface area contributed by atoms with Crippen LogP contribution in [0.3, 0.4) is 0 Å². The Morgan fingerprint density at radius 1 is 0.456 bits per heavy atom. The van der Waals surface area contributed by atoms with E-state index >= 15 is 0 Å². The van der Waals surface area contributed by atoms with Gasteiger partial charge in [0.25, 0.3) is 0 Å². The fraction of sp³-hybridized carbons (Fsp3) is 0.684. The molecule has 3 N–H and O–H groups in total. The second-order valence-corrected chi connectivity index (χ2v) is 13.2. The number of rotatable bonds is 30. The lowest BCUT2D eigenvalue weighted by Gasteiger charge is -2.14. The largest absolute Gasteiger partial charge is 0.459 e. The van der Waals surface area contributed by atoms with Crippen molar-refractivity contribution in [3.8, 4) is 0 Å². The van der Waals surface area contributed by atoms with Crippen molar-refractivity contribution in [2.24, 2.45) is 0 Å². The Balaban J connectivity index is 2.66. The van der Waals surface area contributed by atoms with Crippen LogP contribution in [-0.4, -0.2) is 96.6 Å². The number of nitrogens with zero attached hydrogens (tertiary/aromatic N) is 3. The van der Waals surface area contributed by atoms with E-state index in [1.54, 1.807) is 6.92 Å². The molecule has 0 atom stereocenters. The van der Waals surface area contributed by atoms with Crippen molar-refractivity contribution in [3.63, 3.8) is 0 Å². The molecule has 322 valence electrons. The van der Waals surface area contributed by atoms with Crippen LogP contribution in [0.25, 0.3) is 0 Å². The number of nitrogens with one attached hydrogen (secondary N) is 3. The number of aromatic nitrogens is 3. The third-order valence-electron chi connectivity index (χ3n) is 8.19. The third-order valence-corrected chi connectivity index (χ3v) is 8.19. The lowest BCUT2D eigenvalue weighted by molar-refractivity contribution is -0.140. The molecule has 0 fully saturated rings. The van der Waals surface area contributed by atoms with Crippen LogP contribution >= 0.6 is 0 Å². The maximum atomic E-state index is 13.4. The predicted molar refractivity (Wildman–Crippen MR) is 210 cm³/mol. The van der Waals surface area contributed by atoms with Crippen LogP contribution in [0.2, 0.25) is 0 Å². The number of amides is 3. The Hall–Kier alpha value is -5.36. The average molecular weight is 811 g/mol. The highest BCUT2D eigenvalue weighted by molar-refractivity contribution is 5.87. The van der Waals surface area contributed by atoms with Crippen LogP contribution in [0.4, 0.5) is 14.4 Å². The van der Waals surface area contributed by atoms with Crippen LogP contribution in [0.15, 0.2) is 38.7 Å². The van der Waals surface area contributed by atoms with E-state index in [0.29, 0.717) is 90.3 Å². The molecule has 19 heteroatoms. The number of alkyl carbamates (subject to hydrolysis) is 3. The molecule has 1 aromatic rings. The molecule has 1 rings (SSSR count). The highest BCUT2D eigenvalue weighted by atomic mass is 16.6. The van der Waals surface area contributed by atoms with Crippen LogP contribution in [0.5, 0.6) is 0 Å². The van der Waals surface area contributed by atoms with Gasteiger partial charge in [-0.25, -0.2) is 52.1 Å². The van der Waals surface area contributed by atoms with Gasteiger partial charge in [0.1, 0.15) is 26.4 Å². The molecule has 1 heterocycles. The first-order valence-corrected chi connectivity index (χ1v) is 19.6. The first-order chi connectivity index (χ1) is 27.3. The molecule has 0 aromatic carbocycles. The number of carbonyl (C=O) groups is 5. The molecule has 0 aliphatic rings. The van der Waals surface area contributed by atoms with Crippen molar-refractivity contribution >= 4 is 30.2 Å². The normalized spacial score (nSPS) is 10.6. The van der Waals surface area contributed by atoms with E-state index in [2.05, 4.69) is 29.1 Å². The minimum atomic E-state index is -0.664. The SMILES string of the molecule is C=C(C)C(=O)OCCOC(=O)NCCCCCCn1c(=O)n(CCCCCCNC(=O)OCC)c(=O)n(CCCCCCNC(=O)OCCOC(=O)C(=C)C)c1=O. The summed E-state index contributed by atoms with van der Waals surface area (Å²) in [6, 6.07) is 0. The standard InChI is InChI=1S/C38H62N6O13/c1-6-53-33(47)39-19-13-7-10-16-22-42-36(50)43(23-17-11-8-14-20-40-34(48)56-27-25-54-31(45)29(2)3)38(52)44(37(42)51)24-18-12-9-15-21-41-35(49)57-28-26-55-32(46)30(4)5/h2,4,6-28H2,1,3,5H3,(H,39,47)(H,40,48)(H,41,49). The van der Waals surface area contributed by atoms with Crippen LogP contribution < -0.4 is 33.0 Å². The van der Waals surface area contributed by atoms with Crippen molar-refractivity contribution < 1.29 is 47.7 Å². The smallest absolute Gasteiger partial charge is 0.407 e. The fourth-order valence-electron chi connectivity index (χ4n) is 5.14. The molecule has 0 aliphatic carbocycles. The van der Waals surface area contributed by atoms with Crippen molar-refractivity contribution in [2.45, 2.75) is 117 Å². The highest BCUT2D eigenvalue weighted by Crippen LogP contribution is 2.04.